The summed E-state index contributed by atoms with van der Waals surface area (Å²) in [5.41, 5.74) is 3.99. The minimum atomic E-state index is -0.497. The van der Waals surface area contributed by atoms with Gasteiger partial charge >= 0.3 is 5.63 Å². The molecule has 0 aliphatic heterocycles. The Labute approximate surface area is 175 Å². The zero-order valence-electron chi connectivity index (χ0n) is 17.7. The highest BCUT2D eigenvalue weighted by Gasteiger charge is 2.17. The standard InChI is InChI=1S/C24H26N2O4/c1-15(2)9-12-29-21-6-5-19-16(3)20(24(28)30-23(19)17(21)4)13-22(27)26-14-18-7-10-25-11-8-18/h5-11H,12-14H2,1-4H3,(H,26,27). The molecule has 1 amide bonds. The molecule has 0 fully saturated rings. The third-order valence-electron chi connectivity index (χ3n) is 4.96. The highest BCUT2D eigenvalue weighted by molar-refractivity contribution is 5.87. The quantitative estimate of drug-likeness (QED) is 0.474. The van der Waals surface area contributed by atoms with E-state index in [2.05, 4.69) is 10.3 Å². The number of carbonyl (C=O) groups excluding carboxylic acids is 1. The Morgan fingerprint density at radius 3 is 2.57 bits per heavy atom. The number of rotatable bonds is 7. The number of benzene rings is 1. The number of hydrogen-bond acceptors (Lipinski definition) is 5. The SMILES string of the molecule is CC(C)=CCOc1ccc2c(C)c(CC(=O)NCc3ccncc3)c(=O)oc2c1C. The number of allylic oxidation sites excluding steroid dienone is 1. The number of ether oxygens (including phenoxy) is 1. The second-order valence-corrected chi connectivity index (χ2v) is 7.46. The summed E-state index contributed by atoms with van der Waals surface area (Å²) in [5.74, 6) is 0.436. The van der Waals surface area contributed by atoms with Gasteiger partial charge in [-0.15, -0.1) is 0 Å². The molecule has 3 aromatic rings. The van der Waals surface area contributed by atoms with Crippen molar-refractivity contribution in [3.05, 3.63) is 81.0 Å². The van der Waals surface area contributed by atoms with Gasteiger partial charge in [0.05, 0.1) is 12.0 Å². The third kappa shape index (κ3) is 4.95. The molecule has 6 nitrogen and oxygen atoms in total. The summed E-state index contributed by atoms with van der Waals surface area (Å²) in [6.07, 6.45) is 5.29. The maximum absolute atomic E-state index is 12.6. The van der Waals surface area contributed by atoms with Crippen molar-refractivity contribution in [1.29, 1.82) is 0 Å². The van der Waals surface area contributed by atoms with Gasteiger partial charge in [-0.1, -0.05) is 5.57 Å². The van der Waals surface area contributed by atoms with Gasteiger partial charge in [-0.05, 0) is 69.2 Å². The minimum Gasteiger partial charge on any atom is -0.489 e. The molecule has 1 N–H and O–H groups in total. The summed E-state index contributed by atoms with van der Waals surface area (Å²) in [6.45, 7) is 8.55. The first-order chi connectivity index (χ1) is 14.4. The fourth-order valence-corrected chi connectivity index (χ4v) is 3.15. The summed E-state index contributed by atoms with van der Waals surface area (Å²) in [6, 6.07) is 7.40. The van der Waals surface area contributed by atoms with Gasteiger partial charge in [-0.25, -0.2) is 4.79 Å². The Kier molecular flexibility index (Phi) is 6.67. The van der Waals surface area contributed by atoms with Crippen molar-refractivity contribution >= 4 is 16.9 Å². The Bertz CT molecular complexity index is 1140. The number of carbonyl (C=O) groups is 1. The Balaban J connectivity index is 1.81. The first-order valence-electron chi connectivity index (χ1n) is 9.84. The van der Waals surface area contributed by atoms with Crippen molar-refractivity contribution in [2.45, 2.75) is 40.7 Å². The number of aromatic nitrogens is 1. The molecular weight excluding hydrogens is 380 g/mol. The van der Waals surface area contributed by atoms with Crippen LogP contribution < -0.4 is 15.7 Å². The molecule has 156 valence electrons. The fraction of sp³-hybridized carbons (Fsp3) is 0.292. The molecule has 2 heterocycles. The van der Waals surface area contributed by atoms with Crippen LogP contribution in [-0.2, 0) is 17.8 Å². The topological polar surface area (TPSA) is 81.4 Å². The molecule has 0 unspecified atom stereocenters. The van der Waals surface area contributed by atoms with E-state index in [1.54, 1.807) is 12.4 Å². The zero-order chi connectivity index (χ0) is 21.7. The largest absolute Gasteiger partial charge is 0.489 e. The summed E-state index contributed by atoms with van der Waals surface area (Å²) in [4.78, 5) is 29.0. The Morgan fingerprint density at radius 2 is 1.87 bits per heavy atom. The smallest absolute Gasteiger partial charge is 0.340 e. The number of hydrogen-bond donors (Lipinski definition) is 1. The highest BCUT2D eigenvalue weighted by atomic mass is 16.5. The van der Waals surface area contributed by atoms with Gasteiger partial charge in [0, 0.05) is 29.9 Å². The van der Waals surface area contributed by atoms with E-state index >= 15 is 0 Å². The second kappa shape index (κ2) is 9.39. The lowest BCUT2D eigenvalue weighted by Crippen LogP contribution is -2.27. The van der Waals surface area contributed by atoms with Crippen LogP contribution in [-0.4, -0.2) is 17.5 Å². The van der Waals surface area contributed by atoms with Crippen molar-refractivity contribution in [1.82, 2.24) is 10.3 Å². The van der Waals surface area contributed by atoms with Crippen LogP contribution in [0.25, 0.3) is 11.0 Å². The Hall–Kier alpha value is -3.41. The molecule has 0 aliphatic rings. The van der Waals surface area contributed by atoms with Gasteiger partial charge in [0.1, 0.15) is 17.9 Å². The molecule has 0 saturated heterocycles. The van der Waals surface area contributed by atoms with E-state index in [4.69, 9.17) is 9.15 Å². The molecule has 0 bridgehead atoms. The van der Waals surface area contributed by atoms with Crippen LogP contribution in [0.4, 0.5) is 0 Å². The van der Waals surface area contributed by atoms with E-state index in [1.165, 1.54) is 5.57 Å². The third-order valence-corrected chi connectivity index (χ3v) is 4.96. The van der Waals surface area contributed by atoms with E-state index in [1.807, 2.05) is 58.0 Å². The minimum absolute atomic E-state index is 0.0347. The van der Waals surface area contributed by atoms with Gasteiger partial charge in [0.25, 0.3) is 0 Å². The van der Waals surface area contributed by atoms with E-state index in [-0.39, 0.29) is 12.3 Å². The van der Waals surface area contributed by atoms with Crippen molar-refractivity contribution in [2.75, 3.05) is 6.61 Å². The first-order valence-corrected chi connectivity index (χ1v) is 9.84. The summed E-state index contributed by atoms with van der Waals surface area (Å²) in [5, 5.41) is 3.63. The van der Waals surface area contributed by atoms with E-state index in [0.717, 1.165) is 22.1 Å². The molecular formula is C24H26N2O4. The summed E-state index contributed by atoms with van der Waals surface area (Å²) >= 11 is 0. The molecule has 30 heavy (non-hydrogen) atoms. The van der Waals surface area contributed by atoms with Crippen molar-refractivity contribution < 1.29 is 13.9 Å². The lowest BCUT2D eigenvalue weighted by Gasteiger charge is -2.13. The van der Waals surface area contributed by atoms with Crippen LogP contribution in [0.3, 0.4) is 0 Å². The molecule has 0 aliphatic carbocycles. The van der Waals surface area contributed by atoms with Crippen LogP contribution in [0.15, 0.2) is 57.5 Å². The number of pyridine rings is 1. The van der Waals surface area contributed by atoms with E-state index in [9.17, 15) is 9.59 Å². The second-order valence-electron chi connectivity index (χ2n) is 7.46. The maximum atomic E-state index is 12.6. The monoisotopic (exact) mass is 406 g/mol. The van der Waals surface area contributed by atoms with E-state index < -0.39 is 5.63 Å². The van der Waals surface area contributed by atoms with Crippen LogP contribution in [0, 0.1) is 13.8 Å². The molecule has 3 rings (SSSR count). The molecule has 0 radical (unpaired) electrons. The lowest BCUT2D eigenvalue weighted by molar-refractivity contribution is -0.120. The molecule has 0 spiro atoms. The number of aryl methyl sites for hydroxylation is 2. The normalized spacial score (nSPS) is 10.7. The Morgan fingerprint density at radius 1 is 1.13 bits per heavy atom. The molecule has 6 heteroatoms. The van der Waals surface area contributed by atoms with Gasteiger partial charge in [-0.2, -0.15) is 0 Å². The molecule has 0 atom stereocenters. The number of amides is 1. The van der Waals surface area contributed by atoms with Crippen LogP contribution >= 0.6 is 0 Å². The first kappa shape index (κ1) is 21.3. The van der Waals surface area contributed by atoms with E-state index in [0.29, 0.717) is 30.0 Å². The van der Waals surface area contributed by atoms with Gasteiger partial charge in [-0.3, -0.25) is 9.78 Å². The molecule has 1 aromatic carbocycles. The summed E-state index contributed by atoms with van der Waals surface area (Å²) in [7, 11) is 0. The van der Waals surface area contributed by atoms with Crippen LogP contribution in [0.2, 0.25) is 0 Å². The van der Waals surface area contributed by atoms with Crippen molar-refractivity contribution in [3.63, 3.8) is 0 Å². The van der Waals surface area contributed by atoms with Gasteiger partial charge in [0.15, 0.2) is 0 Å². The number of fused-ring (bicyclic) bond motifs is 1. The van der Waals surface area contributed by atoms with Crippen LogP contribution in [0.1, 0.15) is 36.1 Å². The molecule has 2 aromatic heterocycles. The lowest BCUT2D eigenvalue weighted by atomic mass is 10.0. The van der Waals surface area contributed by atoms with Crippen molar-refractivity contribution in [3.8, 4) is 5.75 Å². The predicted molar refractivity (Wildman–Crippen MR) is 117 cm³/mol. The maximum Gasteiger partial charge on any atom is 0.340 e. The average Bonchev–Trinajstić information content (AvgIpc) is 2.72. The number of nitrogens with zero attached hydrogens (tertiary/aromatic N) is 1. The molecule has 0 saturated carbocycles. The average molecular weight is 406 g/mol. The fourth-order valence-electron chi connectivity index (χ4n) is 3.15. The van der Waals surface area contributed by atoms with Gasteiger partial charge < -0.3 is 14.5 Å². The van der Waals surface area contributed by atoms with Crippen molar-refractivity contribution in [2.24, 2.45) is 0 Å². The van der Waals surface area contributed by atoms with Gasteiger partial charge in [0.2, 0.25) is 5.91 Å². The highest BCUT2D eigenvalue weighted by Crippen LogP contribution is 2.29. The summed E-state index contributed by atoms with van der Waals surface area (Å²) < 4.78 is 11.4. The zero-order valence-corrected chi connectivity index (χ0v) is 17.7. The number of nitrogens with one attached hydrogen (secondary N) is 1. The predicted octanol–water partition coefficient (Wildman–Crippen LogP) is 4.01. The van der Waals surface area contributed by atoms with Crippen LogP contribution in [0.5, 0.6) is 5.75 Å².